The standard InChI is InChI=1S/C17H26N4/c1-12-9-14(6-7-16(12)17(18)19)21-11-15-5-3-4-8-20(15)10-13(21)2/h6-7,9,13,15H,3-5,8,10-11H2,1-2H3,(H3,18,19). The molecule has 0 saturated carbocycles. The fraction of sp³-hybridized carbons (Fsp3) is 0.588. The molecule has 2 aliphatic heterocycles. The fourth-order valence-corrected chi connectivity index (χ4v) is 3.84. The molecule has 0 bridgehead atoms. The van der Waals surface area contributed by atoms with Crippen LogP contribution in [0.5, 0.6) is 0 Å². The Bertz CT molecular complexity index is 540. The van der Waals surface area contributed by atoms with Crippen LogP contribution in [-0.4, -0.2) is 42.5 Å². The maximum atomic E-state index is 7.61. The summed E-state index contributed by atoms with van der Waals surface area (Å²) >= 11 is 0. The van der Waals surface area contributed by atoms with Gasteiger partial charge in [-0.25, -0.2) is 0 Å². The van der Waals surface area contributed by atoms with Crippen molar-refractivity contribution in [1.82, 2.24) is 4.90 Å². The third-order valence-corrected chi connectivity index (χ3v) is 5.02. The number of fused-ring (bicyclic) bond motifs is 1. The molecule has 0 spiro atoms. The molecule has 1 aromatic carbocycles. The van der Waals surface area contributed by atoms with Crippen molar-refractivity contribution in [3.63, 3.8) is 0 Å². The number of anilines is 1. The molecule has 0 radical (unpaired) electrons. The number of amidine groups is 1. The van der Waals surface area contributed by atoms with Gasteiger partial charge >= 0.3 is 0 Å². The van der Waals surface area contributed by atoms with Crippen molar-refractivity contribution in [3.8, 4) is 0 Å². The highest BCUT2D eigenvalue weighted by Crippen LogP contribution is 2.29. The Morgan fingerprint density at radius 1 is 1.29 bits per heavy atom. The zero-order chi connectivity index (χ0) is 15.0. The van der Waals surface area contributed by atoms with Gasteiger partial charge in [-0.1, -0.05) is 6.42 Å². The Balaban J connectivity index is 1.82. The summed E-state index contributed by atoms with van der Waals surface area (Å²) in [7, 11) is 0. The summed E-state index contributed by atoms with van der Waals surface area (Å²) in [4.78, 5) is 5.20. The number of aryl methyl sites for hydroxylation is 1. The molecule has 2 aliphatic rings. The highest BCUT2D eigenvalue weighted by Gasteiger charge is 2.33. The van der Waals surface area contributed by atoms with Crippen LogP contribution < -0.4 is 10.6 Å². The summed E-state index contributed by atoms with van der Waals surface area (Å²) in [6, 6.07) is 7.56. The van der Waals surface area contributed by atoms with Crippen LogP contribution in [0.2, 0.25) is 0 Å². The SMILES string of the molecule is Cc1cc(N2CC3CCCCN3CC2C)ccc1C(=N)N. The Hall–Kier alpha value is -1.55. The van der Waals surface area contributed by atoms with E-state index < -0.39 is 0 Å². The predicted octanol–water partition coefficient (Wildman–Crippen LogP) is 2.34. The maximum absolute atomic E-state index is 7.61. The summed E-state index contributed by atoms with van der Waals surface area (Å²) in [5, 5.41) is 7.61. The smallest absolute Gasteiger partial charge is 0.123 e. The van der Waals surface area contributed by atoms with Gasteiger partial charge in [0, 0.05) is 36.4 Å². The highest BCUT2D eigenvalue weighted by molar-refractivity contribution is 5.96. The molecule has 3 rings (SSSR count). The first-order chi connectivity index (χ1) is 10.1. The predicted molar refractivity (Wildman–Crippen MR) is 88.2 cm³/mol. The van der Waals surface area contributed by atoms with Gasteiger partial charge in [-0.3, -0.25) is 10.3 Å². The number of nitrogens with one attached hydrogen (secondary N) is 1. The van der Waals surface area contributed by atoms with Crippen LogP contribution in [0.1, 0.15) is 37.3 Å². The second-order valence-corrected chi connectivity index (χ2v) is 6.56. The summed E-state index contributed by atoms with van der Waals surface area (Å²) in [6.45, 7) is 7.92. The Morgan fingerprint density at radius 3 is 2.81 bits per heavy atom. The van der Waals surface area contributed by atoms with Crippen molar-refractivity contribution in [2.24, 2.45) is 5.73 Å². The number of hydrogen-bond donors (Lipinski definition) is 2. The van der Waals surface area contributed by atoms with Crippen LogP contribution in [0.3, 0.4) is 0 Å². The zero-order valence-electron chi connectivity index (χ0n) is 13.1. The van der Waals surface area contributed by atoms with Gasteiger partial charge in [-0.15, -0.1) is 0 Å². The van der Waals surface area contributed by atoms with Crippen molar-refractivity contribution < 1.29 is 0 Å². The molecular formula is C17H26N4. The van der Waals surface area contributed by atoms with E-state index in [0.717, 1.165) is 24.2 Å². The number of benzene rings is 1. The average molecular weight is 286 g/mol. The minimum atomic E-state index is 0.157. The van der Waals surface area contributed by atoms with Crippen LogP contribution in [0.15, 0.2) is 18.2 Å². The lowest BCUT2D eigenvalue weighted by Crippen LogP contribution is -2.58. The number of hydrogen-bond acceptors (Lipinski definition) is 3. The maximum Gasteiger partial charge on any atom is 0.123 e. The van der Waals surface area contributed by atoms with Crippen molar-refractivity contribution in [3.05, 3.63) is 29.3 Å². The van der Waals surface area contributed by atoms with Gasteiger partial charge in [0.25, 0.3) is 0 Å². The molecule has 2 heterocycles. The lowest BCUT2D eigenvalue weighted by molar-refractivity contribution is 0.115. The molecule has 4 nitrogen and oxygen atoms in total. The number of nitrogens with zero attached hydrogens (tertiary/aromatic N) is 2. The van der Waals surface area contributed by atoms with Gasteiger partial charge in [0.05, 0.1) is 0 Å². The summed E-state index contributed by atoms with van der Waals surface area (Å²) in [6.07, 6.45) is 4.05. The van der Waals surface area contributed by atoms with Crippen LogP contribution in [0.25, 0.3) is 0 Å². The molecule has 114 valence electrons. The fourth-order valence-electron chi connectivity index (χ4n) is 3.84. The molecule has 21 heavy (non-hydrogen) atoms. The minimum absolute atomic E-state index is 0.157. The van der Waals surface area contributed by atoms with Gasteiger partial charge in [-0.2, -0.15) is 0 Å². The van der Waals surface area contributed by atoms with E-state index in [0.29, 0.717) is 12.1 Å². The first kappa shape index (κ1) is 14.4. The first-order valence-corrected chi connectivity index (χ1v) is 8.02. The van der Waals surface area contributed by atoms with E-state index >= 15 is 0 Å². The Morgan fingerprint density at radius 2 is 2.10 bits per heavy atom. The summed E-state index contributed by atoms with van der Waals surface area (Å²) in [5.41, 5.74) is 8.84. The monoisotopic (exact) mass is 286 g/mol. The quantitative estimate of drug-likeness (QED) is 0.648. The van der Waals surface area contributed by atoms with E-state index in [2.05, 4.69) is 28.9 Å². The van der Waals surface area contributed by atoms with Crippen LogP contribution in [0, 0.1) is 12.3 Å². The molecule has 0 aliphatic carbocycles. The Labute approximate surface area is 127 Å². The average Bonchev–Trinajstić information content (AvgIpc) is 2.46. The Kier molecular flexibility index (Phi) is 3.89. The molecule has 2 unspecified atom stereocenters. The largest absolute Gasteiger partial charge is 0.384 e. The molecule has 2 saturated heterocycles. The molecular weight excluding hydrogens is 260 g/mol. The molecule has 4 heteroatoms. The molecule has 3 N–H and O–H groups in total. The number of nitrogen functional groups attached to an aromatic ring is 1. The van der Waals surface area contributed by atoms with Crippen LogP contribution >= 0.6 is 0 Å². The van der Waals surface area contributed by atoms with E-state index in [-0.39, 0.29) is 5.84 Å². The third-order valence-electron chi connectivity index (χ3n) is 5.02. The summed E-state index contributed by atoms with van der Waals surface area (Å²) in [5.74, 6) is 0.157. The van der Waals surface area contributed by atoms with Crippen LogP contribution in [0.4, 0.5) is 5.69 Å². The van der Waals surface area contributed by atoms with Gasteiger partial charge in [0.1, 0.15) is 5.84 Å². The van der Waals surface area contributed by atoms with E-state index in [1.807, 2.05) is 13.0 Å². The van der Waals surface area contributed by atoms with Gasteiger partial charge in [-0.05, 0) is 57.0 Å². The number of piperidine rings is 1. The molecule has 2 atom stereocenters. The van der Waals surface area contributed by atoms with Crippen molar-refractivity contribution >= 4 is 11.5 Å². The number of rotatable bonds is 2. The zero-order valence-corrected chi connectivity index (χ0v) is 13.1. The molecule has 1 aromatic rings. The second kappa shape index (κ2) is 5.68. The van der Waals surface area contributed by atoms with E-state index in [1.165, 1.54) is 31.5 Å². The van der Waals surface area contributed by atoms with Gasteiger partial charge in [0.15, 0.2) is 0 Å². The molecule has 0 amide bonds. The lowest BCUT2D eigenvalue weighted by atomic mass is 9.96. The summed E-state index contributed by atoms with van der Waals surface area (Å²) < 4.78 is 0. The topological polar surface area (TPSA) is 56.4 Å². The molecule has 0 aromatic heterocycles. The van der Waals surface area contributed by atoms with E-state index in [4.69, 9.17) is 11.1 Å². The number of piperazine rings is 1. The first-order valence-electron chi connectivity index (χ1n) is 8.02. The van der Waals surface area contributed by atoms with E-state index in [9.17, 15) is 0 Å². The lowest BCUT2D eigenvalue weighted by Gasteiger charge is -2.48. The highest BCUT2D eigenvalue weighted by atomic mass is 15.3. The molecule has 2 fully saturated rings. The van der Waals surface area contributed by atoms with Gasteiger partial charge < -0.3 is 10.6 Å². The minimum Gasteiger partial charge on any atom is -0.384 e. The van der Waals surface area contributed by atoms with E-state index in [1.54, 1.807) is 0 Å². The van der Waals surface area contributed by atoms with Crippen molar-refractivity contribution in [2.75, 3.05) is 24.5 Å². The van der Waals surface area contributed by atoms with Crippen LogP contribution in [-0.2, 0) is 0 Å². The third kappa shape index (κ3) is 2.77. The normalized spacial score (nSPS) is 26.5. The van der Waals surface area contributed by atoms with Gasteiger partial charge in [0.2, 0.25) is 0 Å². The van der Waals surface area contributed by atoms with Crippen molar-refractivity contribution in [1.29, 1.82) is 5.41 Å². The second-order valence-electron chi connectivity index (χ2n) is 6.56. The van der Waals surface area contributed by atoms with Crippen molar-refractivity contribution in [2.45, 2.75) is 45.2 Å². The number of nitrogens with two attached hydrogens (primary N) is 1.